The number of nitrogens with one attached hydrogen (secondary N) is 2. The molecule has 1 aliphatic rings. The molecule has 1 aromatic rings. The molecule has 0 atom stereocenters. The summed E-state index contributed by atoms with van der Waals surface area (Å²) in [4.78, 5) is 8.97. The SMILES string of the molecule is CCNC(=NCC1CC1)NCCCc1nc(C(C)C)no1. The van der Waals surface area contributed by atoms with Crippen molar-refractivity contribution < 1.29 is 4.52 Å². The number of rotatable bonds is 8. The van der Waals surface area contributed by atoms with Crippen LogP contribution in [0.4, 0.5) is 0 Å². The Morgan fingerprint density at radius 2 is 2.19 bits per heavy atom. The molecule has 1 fully saturated rings. The monoisotopic (exact) mass is 293 g/mol. The molecule has 0 bridgehead atoms. The van der Waals surface area contributed by atoms with Crippen molar-refractivity contribution in [3.05, 3.63) is 11.7 Å². The third kappa shape index (κ3) is 5.73. The first-order chi connectivity index (χ1) is 10.2. The maximum Gasteiger partial charge on any atom is 0.226 e. The fourth-order valence-electron chi connectivity index (χ4n) is 1.91. The first kappa shape index (κ1) is 15.8. The summed E-state index contributed by atoms with van der Waals surface area (Å²) >= 11 is 0. The zero-order valence-electron chi connectivity index (χ0n) is 13.4. The Morgan fingerprint density at radius 3 is 2.81 bits per heavy atom. The number of hydrogen-bond donors (Lipinski definition) is 2. The summed E-state index contributed by atoms with van der Waals surface area (Å²) in [5.74, 6) is 3.55. The molecular weight excluding hydrogens is 266 g/mol. The quantitative estimate of drug-likeness (QED) is 0.436. The van der Waals surface area contributed by atoms with Gasteiger partial charge in [-0.2, -0.15) is 4.98 Å². The van der Waals surface area contributed by atoms with Gasteiger partial charge in [0.25, 0.3) is 0 Å². The van der Waals surface area contributed by atoms with Crippen LogP contribution in [0.3, 0.4) is 0 Å². The molecule has 2 rings (SSSR count). The van der Waals surface area contributed by atoms with Gasteiger partial charge < -0.3 is 15.2 Å². The van der Waals surface area contributed by atoms with Crippen molar-refractivity contribution in [3.8, 4) is 0 Å². The van der Waals surface area contributed by atoms with E-state index < -0.39 is 0 Å². The van der Waals surface area contributed by atoms with Crippen LogP contribution < -0.4 is 10.6 Å². The van der Waals surface area contributed by atoms with E-state index in [0.717, 1.165) is 56.1 Å². The summed E-state index contributed by atoms with van der Waals surface area (Å²) < 4.78 is 5.23. The number of aliphatic imine (C=N–C) groups is 1. The Bertz CT molecular complexity index is 451. The standard InChI is InChI=1S/C15H27N5O/c1-4-16-15(18-10-12-7-8-12)17-9-5-6-13-19-14(11(2)3)20-21-13/h11-12H,4-10H2,1-3H3,(H2,16,17,18). The maximum absolute atomic E-state index is 5.23. The average molecular weight is 293 g/mol. The van der Waals surface area contributed by atoms with Gasteiger partial charge in [0.2, 0.25) is 5.89 Å². The summed E-state index contributed by atoms with van der Waals surface area (Å²) in [7, 11) is 0. The average Bonchev–Trinajstić information content (AvgIpc) is 3.16. The van der Waals surface area contributed by atoms with E-state index in [-0.39, 0.29) is 0 Å². The van der Waals surface area contributed by atoms with E-state index in [9.17, 15) is 0 Å². The van der Waals surface area contributed by atoms with E-state index in [2.05, 4.69) is 46.5 Å². The van der Waals surface area contributed by atoms with Gasteiger partial charge in [0.05, 0.1) is 0 Å². The van der Waals surface area contributed by atoms with Crippen LogP contribution in [0.25, 0.3) is 0 Å². The molecule has 1 saturated carbocycles. The van der Waals surface area contributed by atoms with E-state index >= 15 is 0 Å². The Kier molecular flexibility index (Phi) is 6.02. The highest BCUT2D eigenvalue weighted by atomic mass is 16.5. The molecular formula is C15H27N5O. The van der Waals surface area contributed by atoms with Crippen molar-refractivity contribution in [3.63, 3.8) is 0 Å². The molecule has 0 saturated heterocycles. The lowest BCUT2D eigenvalue weighted by Crippen LogP contribution is -2.38. The molecule has 118 valence electrons. The Balaban J connectivity index is 1.67. The van der Waals surface area contributed by atoms with Gasteiger partial charge in [-0.25, -0.2) is 0 Å². The van der Waals surface area contributed by atoms with Crippen molar-refractivity contribution in [2.24, 2.45) is 10.9 Å². The van der Waals surface area contributed by atoms with Crippen molar-refractivity contribution >= 4 is 5.96 Å². The summed E-state index contributed by atoms with van der Waals surface area (Å²) in [6.07, 6.45) is 4.42. The molecule has 1 heterocycles. The number of aryl methyl sites for hydroxylation is 1. The van der Waals surface area contributed by atoms with Gasteiger partial charge in [-0.15, -0.1) is 0 Å². The van der Waals surface area contributed by atoms with Crippen LogP contribution in [0.2, 0.25) is 0 Å². The number of guanidine groups is 1. The van der Waals surface area contributed by atoms with E-state index in [0.29, 0.717) is 5.92 Å². The lowest BCUT2D eigenvalue weighted by atomic mass is 10.2. The normalized spacial score (nSPS) is 15.5. The number of hydrogen-bond acceptors (Lipinski definition) is 4. The van der Waals surface area contributed by atoms with Gasteiger partial charge in [0, 0.05) is 32.0 Å². The van der Waals surface area contributed by atoms with Gasteiger partial charge >= 0.3 is 0 Å². The second-order valence-electron chi connectivity index (χ2n) is 5.89. The molecule has 0 unspecified atom stereocenters. The molecule has 2 N–H and O–H groups in total. The minimum atomic E-state index is 0.315. The van der Waals surface area contributed by atoms with Crippen molar-refractivity contribution in [1.29, 1.82) is 0 Å². The largest absolute Gasteiger partial charge is 0.357 e. The molecule has 0 spiro atoms. The van der Waals surface area contributed by atoms with Crippen LogP contribution >= 0.6 is 0 Å². The van der Waals surface area contributed by atoms with Gasteiger partial charge in [-0.1, -0.05) is 19.0 Å². The lowest BCUT2D eigenvalue weighted by molar-refractivity contribution is 0.368. The van der Waals surface area contributed by atoms with Crippen LogP contribution in [0.1, 0.15) is 57.7 Å². The predicted molar refractivity (Wildman–Crippen MR) is 83.4 cm³/mol. The number of aromatic nitrogens is 2. The minimum absolute atomic E-state index is 0.315. The topological polar surface area (TPSA) is 75.3 Å². The molecule has 6 nitrogen and oxygen atoms in total. The molecule has 0 aromatic carbocycles. The smallest absolute Gasteiger partial charge is 0.226 e. The van der Waals surface area contributed by atoms with Gasteiger partial charge in [0.15, 0.2) is 11.8 Å². The van der Waals surface area contributed by atoms with Gasteiger partial charge in [-0.05, 0) is 32.1 Å². The Labute approximate surface area is 126 Å². The fraction of sp³-hybridized carbons (Fsp3) is 0.800. The van der Waals surface area contributed by atoms with E-state index in [1.54, 1.807) is 0 Å². The van der Waals surface area contributed by atoms with E-state index in [1.165, 1.54) is 12.8 Å². The second-order valence-corrected chi connectivity index (χ2v) is 5.89. The van der Waals surface area contributed by atoms with Crippen LogP contribution in [0.5, 0.6) is 0 Å². The summed E-state index contributed by atoms with van der Waals surface area (Å²) in [5, 5.41) is 10.6. The first-order valence-corrected chi connectivity index (χ1v) is 8.03. The zero-order valence-corrected chi connectivity index (χ0v) is 13.4. The molecule has 0 amide bonds. The van der Waals surface area contributed by atoms with E-state index in [1.807, 2.05) is 0 Å². The lowest BCUT2D eigenvalue weighted by Gasteiger charge is -2.10. The van der Waals surface area contributed by atoms with Crippen LogP contribution in [0, 0.1) is 5.92 Å². The highest BCUT2D eigenvalue weighted by Crippen LogP contribution is 2.28. The third-order valence-corrected chi connectivity index (χ3v) is 3.41. The highest BCUT2D eigenvalue weighted by molar-refractivity contribution is 5.79. The van der Waals surface area contributed by atoms with Crippen LogP contribution in [-0.2, 0) is 6.42 Å². The molecule has 21 heavy (non-hydrogen) atoms. The Morgan fingerprint density at radius 1 is 1.38 bits per heavy atom. The van der Waals surface area contributed by atoms with Crippen molar-refractivity contribution in [1.82, 2.24) is 20.8 Å². The fourth-order valence-corrected chi connectivity index (χ4v) is 1.91. The summed E-state index contributed by atoms with van der Waals surface area (Å²) in [5.41, 5.74) is 0. The molecule has 1 aromatic heterocycles. The minimum Gasteiger partial charge on any atom is -0.357 e. The first-order valence-electron chi connectivity index (χ1n) is 8.03. The zero-order chi connectivity index (χ0) is 15.1. The summed E-state index contributed by atoms with van der Waals surface area (Å²) in [6.45, 7) is 8.90. The van der Waals surface area contributed by atoms with Crippen LogP contribution in [0.15, 0.2) is 9.52 Å². The van der Waals surface area contributed by atoms with Gasteiger partial charge in [-0.3, -0.25) is 4.99 Å². The molecule has 0 aliphatic heterocycles. The predicted octanol–water partition coefficient (Wildman–Crippen LogP) is 2.09. The molecule has 0 radical (unpaired) electrons. The van der Waals surface area contributed by atoms with Crippen molar-refractivity contribution in [2.45, 2.75) is 52.4 Å². The van der Waals surface area contributed by atoms with Crippen LogP contribution in [-0.4, -0.2) is 35.7 Å². The highest BCUT2D eigenvalue weighted by Gasteiger charge is 2.20. The van der Waals surface area contributed by atoms with Gasteiger partial charge in [0.1, 0.15) is 0 Å². The van der Waals surface area contributed by atoms with E-state index in [4.69, 9.17) is 4.52 Å². The maximum atomic E-state index is 5.23. The second kappa shape index (κ2) is 8.00. The Hall–Kier alpha value is -1.59. The molecule has 1 aliphatic carbocycles. The van der Waals surface area contributed by atoms with Crippen molar-refractivity contribution in [2.75, 3.05) is 19.6 Å². The summed E-state index contributed by atoms with van der Waals surface area (Å²) in [6, 6.07) is 0. The molecule has 6 heteroatoms. The third-order valence-electron chi connectivity index (χ3n) is 3.41. The number of nitrogens with zero attached hydrogens (tertiary/aromatic N) is 3.